The maximum atomic E-state index is 13.5. The molecule has 1 aromatic carbocycles. The van der Waals surface area contributed by atoms with Crippen molar-refractivity contribution in [2.45, 2.75) is 32.4 Å². The van der Waals surface area contributed by atoms with Gasteiger partial charge in [-0.1, -0.05) is 60.4 Å². The van der Waals surface area contributed by atoms with Crippen molar-refractivity contribution in [3.05, 3.63) is 80.6 Å². The quantitative estimate of drug-likeness (QED) is 0.412. The summed E-state index contributed by atoms with van der Waals surface area (Å²) in [6.07, 6.45) is 5.22. The number of hydrogen-bond acceptors (Lipinski definition) is 7. The Hall–Kier alpha value is -3.01. The number of anilines is 1. The predicted molar refractivity (Wildman–Crippen MR) is 139 cm³/mol. The highest BCUT2D eigenvalue weighted by atomic mass is 32.2. The van der Waals surface area contributed by atoms with Gasteiger partial charge in [0.05, 0.1) is 23.1 Å². The summed E-state index contributed by atoms with van der Waals surface area (Å²) in [7, 11) is 0. The number of thioether (sulfide) groups is 1. The first-order valence-electron chi connectivity index (χ1n) is 11.2. The molecule has 0 radical (unpaired) electrons. The van der Waals surface area contributed by atoms with Crippen LogP contribution < -0.4 is 10.9 Å². The van der Waals surface area contributed by atoms with Crippen molar-refractivity contribution in [3.63, 3.8) is 0 Å². The van der Waals surface area contributed by atoms with E-state index in [2.05, 4.69) is 5.32 Å². The number of amides is 1. The standard InChI is InChI=1S/C25H24N4O3S2/c1-16-7-5-11-28-22(16)27-21(26-14-17-8-3-2-4-9-17)19(23(28)30)13-20-24(31)29(25(33)34-20)15-18-10-6-12-32-18/h2-5,7-9,11,13,18,26H,6,10,12,14-15H2,1H3/b20-13-/t18-/m1/s1. The van der Waals surface area contributed by atoms with Gasteiger partial charge in [-0.25, -0.2) is 4.98 Å². The minimum absolute atomic E-state index is 0.000820. The van der Waals surface area contributed by atoms with E-state index < -0.39 is 0 Å². The molecule has 0 spiro atoms. The molecule has 2 aliphatic rings. The van der Waals surface area contributed by atoms with Crippen LogP contribution in [0.4, 0.5) is 5.82 Å². The molecule has 0 aliphatic carbocycles. The lowest BCUT2D eigenvalue weighted by molar-refractivity contribution is -0.123. The minimum Gasteiger partial charge on any atom is -0.376 e. The van der Waals surface area contributed by atoms with E-state index in [1.807, 2.05) is 49.4 Å². The lowest BCUT2D eigenvalue weighted by Gasteiger charge is -2.18. The lowest BCUT2D eigenvalue weighted by Crippen LogP contribution is -2.35. The SMILES string of the molecule is Cc1cccn2c(=O)c(/C=C3\SC(=S)N(C[C@H]4CCCO4)C3=O)c(NCc3ccccc3)nc12. The topological polar surface area (TPSA) is 75.9 Å². The van der Waals surface area contributed by atoms with Crippen molar-refractivity contribution in [2.75, 3.05) is 18.5 Å². The van der Waals surface area contributed by atoms with Crippen LogP contribution in [-0.4, -0.2) is 43.8 Å². The van der Waals surface area contributed by atoms with Gasteiger partial charge in [-0.05, 0) is 43.0 Å². The van der Waals surface area contributed by atoms with E-state index in [0.717, 1.165) is 24.0 Å². The number of ether oxygens (including phenoxy) is 1. The van der Waals surface area contributed by atoms with Crippen molar-refractivity contribution < 1.29 is 9.53 Å². The maximum Gasteiger partial charge on any atom is 0.267 e. The minimum atomic E-state index is -0.242. The van der Waals surface area contributed by atoms with Crippen LogP contribution in [0.5, 0.6) is 0 Å². The average Bonchev–Trinajstić information content (AvgIpc) is 3.45. The Morgan fingerprint density at radius 1 is 1.24 bits per heavy atom. The summed E-state index contributed by atoms with van der Waals surface area (Å²) in [6.45, 7) is 3.56. The fourth-order valence-corrected chi connectivity index (χ4v) is 5.40. The van der Waals surface area contributed by atoms with Crippen LogP contribution in [-0.2, 0) is 16.1 Å². The molecule has 5 rings (SSSR count). The van der Waals surface area contributed by atoms with Gasteiger partial charge in [0.15, 0.2) is 0 Å². The number of thiocarbonyl (C=S) groups is 1. The Kier molecular flexibility index (Phi) is 6.49. The highest BCUT2D eigenvalue weighted by molar-refractivity contribution is 8.26. The monoisotopic (exact) mass is 492 g/mol. The van der Waals surface area contributed by atoms with Crippen LogP contribution >= 0.6 is 24.0 Å². The Labute approximate surface area is 206 Å². The molecule has 4 heterocycles. The molecule has 1 N–H and O–H groups in total. The number of benzene rings is 1. The van der Waals surface area contributed by atoms with Crippen molar-refractivity contribution in [1.29, 1.82) is 0 Å². The zero-order chi connectivity index (χ0) is 23.7. The van der Waals surface area contributed by atoms with Gasteiger partial charge in [-0.15, -0.1) is 0 Å². The van der Waals surface area contributed by atoms with Gasteiger partial charge in [0.2, 0.25) is 0 Å². The average molecular weight is 493 g/mol. The van der Waals surface area contributed by atoms with Crippen LogP contribution in [0.25, 0.3) is 11.7 Å². The molecule has 2 aromatic heterocycles. The van der Waals surface area contributed by atoms with Crippen LogP contribution in [0.1, 0.15) is 29.5 Å². The molecule has 7 nitrogen and oxygen atoms in total. The van der Waals surface area contributed by atoms with Crippen molar-refractivity contribution in [1.82, 2.24) is 14.3 Å². The molecule has 2 saturated heterocycles. The Balaban J connectivity index is 1.53. The number of pyridine rings is 1. The number of aryl methyl sites for hydroxylation is 1. The number of nitrogens with one attached hydrogen (secondary N) is 1. The fourth-order valence-electron chi connectivity index (χ4n) is 4.14. The summed E-state index contributed by atoms with van der Waals surface area (Å²) in [5, 5.41) is 3.30. The fraction of sp³-hybridized carbons (Fsp3) is 0.280. The molecule has 1 atom stereocenters. The van der Waals surface area contributed by atoms with E-state index in [1.165, 1.54) is 16.2 Å². The summed E-state index contributed by atoms with van der Waals surface area (Å²) in [5.41, 5.74) is 2.61. The van der Waals surface area contributed by atoms with Gasteiger partial charge in [0, 0.05) is 19.3 Å². The number of fused-ring (bicyclic) bond motifs is 1. The molecule has 1 amide bonds. The molecule has 34 heavy (non-hydrogen) atoms. The molecule has 0 bridgehead atoms. The van der Waals surface area contributed by atoms with Crippen molar-refractivity contribution in [3.8, 4) is 0 Å². The molecular formula is C25H24N4O3S2. The van der Waals surface area contributed by atoms with E-state index >= 15 is 0 Å². The predicted octanol–water partition coefficient (Wildman–Crippen LogP) is 4.00. The van der Waals surface area contributed by atoms with Gasteiger partial charge in [-0.2, -0.15) is 0 Å². The van der Waals surface area contributed by atoms with Crippen LogP contribution in [0, 0.1) is 6.92 Å². The summed E-state index contributed by atoms with van der Waals surface area (Å²) in [5.74, 6) is 0.237. The van der Waals surface area contributed by atoms with E-state index in [1.54, 1.807) is 17.2 Å². The summed E-state index contributed by atoms with van der Waals surface area (Å²) in [6, 6.07) is 13.6. The highest BCUT2D eigenvalue weighted by Gasteiger charge is 2.35. The molecule has 0 saturated carbocycles. The first kappa shape index (κ1) is 22.8. The van der Waals surface area contributed by atoms with Crippen LogP contribution in [0.15, 0.2) is 58.4 Å². The van der Waals surface area contributed by atoms with Crippen molar-refractivity contribution >= 4 is 51.7 Å². The smallest absolute Gasteiger partial charge is 0.267 e. The molecule has 0 unspecified atom stereocenters. The first-order valence-corrected chi connectivity index (χ1v) is 12.4. The van der Waals surface area contributed by atoms with Gasteiger partial charge in [-0.3, -0.25) is 18.9 Å². The first-order chi connectivity index (χ1) is 16.5. The largest absolute Gasteiger partial charge is 0.376 e. The maximum absolute atomic E-state index is 13.5. The number of rotatable bonds is 6. The molecule has 174 valence electrons. The third kappa shape index (κ3) is 4.51. The van der Waals surface area contributed by atoms with Crippen molar-refractivity contribution in [2.24, 2.45) is 0 Å². The van der Waals surface area contributed by atoms with E-state index in [-0.39, 0.29) is 17.6 Å². The molecule has 3 aromatic rings. The second kappa shape index (κ2) is 9.69. The normalized spacial score (nSPS) is 19.5. The van der Waals surface area contributed by atoms with Gasteiger partial charge in [0.25, 0.3) is 11.5 Å². The number of nitrogens with zero attached hydrogens (tertiary/aromatic N) is 3. The lowest BCUT2D eigenvalue weighted by atomic mass is 10.2. The Morgan fingerprint density at radius 3 is 2.82 bits per heavy atom. The van der Waals surface area contributed by atoms with Gasteiger partial charge in [0.1, 0.15) is 15.8 Å². The summed E-state index contributed by atoms with van der Waals surface area (Å²) >= 11 is 6.69. The molecule has 2 aliphatic heterocycles. The molecule has 2 fully saturated rings. The molecular weight excluding hydrogens is 468 g/mol. The molecule has 9 heteroatoms. The third-order valence-corrected chi connectivity index (χ3v) is 7.32. The van der Waals surface area contributed by atoms with Gasteiger partial charge < -0.3 is 10.1 Å². The third-order valence-electron chi connectivity index (χ3n) is 5.95. The van der Waals surface area contributed by atoms with E-state index in [9.17, 15) is 9.59 Å². The summed E-state index contributed by atoms with van der Waals surface area (Å²) in [4.78, 5) is 33.4. The zero-order valence-corrected chi connectivity index (χ0v) is 20.3. The van der Waals surface area contributed by atoms with E-state index in [4.69, 9.17) is 21.9 Å². The number of carbonyl (C=O) groups excluding carboxylic acids is 1. The van der Waals surface area contributed by atoms with Crippen LogP contribution in [0.2, 0.25) is 0 Å². The Bertz CT molecular complexity index is 1350. The van der Waals surface area contributed by atoms with Crippen LogP contribution in [0.3, 0.4) is 0 Å². The number of carbonyl (C=O) groups is 1. The van der Waals surface area contributed by atoms with Gasteiger partial charge >= 0.3 is 0 Å². The highest BCUT2D eigenvalue weighted by Crippen LogP contribution is 2.34. The summed E-state index contributed by atoms with van der Waals surface area (Å²) < 4.78 is 7.68. The second-order valence-electron chi connectivity index (χ2n) is 8.33. The second-order valence-corrected chi connectivity index (χ2v) is 10.0. The number of hydrogen-bond donors (Lipinski definition) is 1. The van der Waals surface area contributed by atoms with E-state index in [0.29, 0.717) is 46.0 Å². The zero-order valence-electron chi connectivity index (χ0n) is 18.7. The number of aromatic nitrogens is 2. The Morgan fingerprint density at radius 2 is 2.06 bits per heavy atom.